The SMILES string of the molecule is CCCC(=O)NCCCCC(C)NC(=O)CCC. The molecule has 0 fully saturated rings. The monoisotopic (exact) mass is 256 g/mol. The van der Waals surface area contributed by atoms with Crippen LogP contribution in [0.25, 0.3) is 0 Å². The molecular formula is C14H28N2O2. The third-order valence-electron chi connectivity index (χ3n) is 2.75. The van der Waals surface area contributed by atoms with Crippen molar-refractivity contribution in [2.75, 3.05) is 6.54 Å². The molecule has 4 nitrogen and oxygen atoms in total. The zero-order valence-electron chi connectivity index (χ0n) is 12.1. The highest BCUT2D eigenvalue weighted by Gasteiger charge is 2.05. The Kier molecular flexibility index (Phi) is 10.4. The minimum absolute atomic E-state index is 0.140. The molecule has 0 aromatic heterocycles. The van der Waals surface area contributed by atoms with Crippen LogP contribution in [0, 0.1) is 0 Å². The zero-order valence-corrected chi connectivity index (χ0v) is 12.1. The van der Waals surface area contributed by atoms with Crippen molar-refractivity contribution in [2.24, 2.45) is 0 Å². The van der Waals surface area contributed by atoms with E-state index in [2.05, 4.69) is 10.6 Å². The van der Waals surface area contributed by atoms with E-state index in [1.165, 1.54) is 0 Å². The second-order valence-electron chi connectivity index (χ2n) is 4.81. The summed E-state index contributed by atoms with van der Waals surface area (Å²) in [5.74, 6) is 0.281. The van der Waals surface area contributed by atoms with Crippen molar-refractivity contribution in [3.05, 3.63) is 0 Å². The highest BCUT2D eigenvalue weighted by molar-refractivity contribution is 5.76. The summed E-state index contributed by atoms with van der Waals surface area (Å²) in [6.45, 7) is 6.78. The average Bonchev–Trinajstić information content (AvgIpc) is 2.29. The van der Waals surface area contributed by atoms with Gasteiger partial charge in [-0.05, 0) is 39.0 Å². The molecule has 0 heterocycles. The molecule has 0 aliphatic heterocycles. The molecule has 106 valence electrons. The summed E-state index contributed by atoms with van der Waals surface area (Å²) < 4.78 is 0. The predicted octanol–water partition coefficient (Wildman–Crippen LogP) is 2.38. The standard InChI is InChI=1S/C14H28N2O2/c1-4-8-13(17)15-11-7-6-10-12(3)16-14(18)9-5-2/h12H,4-11H2,1-3H3,(H,15,17)(H,16,18). The molecule has 4 heteroatoms. The Bertz CT molecular complexity index is 242. The smallest absolute Gasteiger partial charge is 0.220 e. The molecule has 1 atom stereocenters. The van der Waals surface area contributed by atoms with Crippen LogP contribution in [0.5, 0.6) is 0 Å². The number of carbonyl (C=O) groups excluding carboxylic acids is 2. The van der Waals surface area contributed by atoms with Crippen molar-refractivity contribution < 1.29 is 9.59 Å². The van der Waals surface area contributed by atoms with E-state index in [4.69, 9.17) is 0 Å². The quantitative estimate of drug-likeness (QED) is 0.590. The number of carbonyl (C=O) groups is 2. The Labute approximate surface area is 111 Å². The molecule has 18 heavy (non-hydrogen) atoms. The van der Waals surface area contributed by atoms with Gasteiger partial charge in [-0.1, -0.05) is 13.8 Å². The molecule has 0 spiro atoms. The number of rotatable bonds is 10. The van der Waals surface area contributed by atoms with Crippen LogP contribution in [-0.4, -0.2) is 24.4 Å². The van der Waals surface area contributed by atoms with Gasteiger partial charge in [0.15, 0.2) is 0 Å². The topological polar surface area (TPSA) is 58.2 Å². The van der Waals surface area contributed by atoms with Crippen LogP contribution in [0.2, 0.25) is 0 Å². The second kappa shape index (κ2) is 11.1. The predicted molar refractivity (Wildman–Crippen MR) is 74.3 cm³/mol. The van der Waals surface area contributed by atoms with E-state index in [1.54, 1.807) is 0 Å². The summed E-state index contributed by atoms with van der Waals surface area (Å²) >= 11 is 0. The normalized spacial score (nSPS) is 11.9. The molecule has 0 saturated heterocycles. The Hall–Kier alpha value is -1.06. The lowest BCUT2D eigenvalue weighted by atomic mass is 10.1. The van der Waals surface area contributed by atoms with Crippen LogP contribution in [0.15, 0.2) is 0 Å². The van der Waals surface area contributed by atoms with E-state index in [0.717, 1.165) is 38.6 Å². The molecular weight excluding hydrogens is 228 g/mol. The number of unbranched alkanes of at least 4 members (excludes halogenated alkanes) is 1. The summed E-state index contributed by atoms with van der Waals surface area (Å²) in [4.78, 5) is 22.5. The molecule has 0 aromatic rings. The molecule has 1 unspecified atom stereocenters. The van der Waals surface area contributed by atoms with Crippen molar-refractivity contribution in [1.82, 2.24) is 10.6 Å². The Morgan fingerprint density at radius 3 is 2.22 bits per heavy atom. The van der Waals surface area contributed by atoms with E-state index in [0.29, 0.717) is 12.8 Å². The van der Waals surface area contributed by atoms with Gasteiger partial charge in [-0.3, -0.25) is 9.59 Å². The first-order valence-corrected chi connectivity index (χ1v) is 7.16. The molecule has 2 N–H and O–H groups in total. The van der Waals surface area contributed by atoms with E-state index in [-0.39, 0.29) is 17.9 Å². The van der Waals surface area contributed by atoms with E-state index in [1.807, 2.05) is 20.8 Å². The lowest BCUT2D eigenvalue weighted by Gasteiger charge is -2.13. The highest BCUT2D eigenvalue weighted by Crippen LogP contribution is 2.01. The highest BCUT2D eigenvalue weighted by atomic mass is 16.2. The fourth-order valence-corrected chi connectivity index (χ4v) is 1.77. The molecule has 0 rings (SSSR count). The van der Waals surface area contributed by atoms with E-state index in [9.17, 15) is 9.59 Å². The van der Waals surface area contributed by atoms with E-state index < -0.39 is 0 Å². The van der Waals surface area contributed by atoms with Gasteiger partial charge in [0.05, 0.1) is 0 Å². The third-order valence-corrected chi connectivity index (χ3v) is 2.75. The zero-order chi connectivity index (χ0) is 13.8. The molecule has 0 radical (unpaired) electrons. The van der Waals surface area contributed by atoms with Crippen molar-refractivity contribution in [3.63, 3.8) is 0 Å². The molecule has 0 saturated carbocycles. The minimum atomic E-state index is 0.140. The molecule has 0 bridgehead atoms. The summed E-state index contributed by atoms with van der Waals surface area (Å²) in [6.07, 6.45) is 5.98. The van der Waals surface area contributed by atoms with Gasteiger partial charge < -0.3 is 10.6 Å². The lowest BCUT2D eigenvalue weighted by molar-refractivity contribution is -0.122. The fraction of sp³-hybridized carbons (Fsp3) is 0.857. The fourth-order valence-electron chi connectivity index (χ4n) is 1.77. The van der Waals surface area contributed by atoms with Gasteiger partial charge in [-0.2, -0.15) is 0 Å². The van der Waals surface area contributed by atoms with Crippen molar-refractivity contribution in [1.29, 1.82) is 0 Å². The largest absolute Gasteiger partial charge is 0.356 e. The lowest BCUT2D eigenvalue weighted by Crippen LogP contribution is -2.32. The first-order valence-electron chi connectivity index (χ1n) is 7.16. The first kappa shape index (κ1) is 16.9. The van der Waals surface area contributed by atoms with Crippen LogP contribution >= 0.6 is 0 Å². The number of hydrogen-bond donors (Lipinski definition) is 2. The van der Waals surface area contributed by atoms with Crippen LogP contribution in [0.4, 0.5) is 0 Å². The number of amides is 2. The Morgan fingerprint density at radius 2 is 1.61 bits per heavy atom. The van der Waals surface area contributed by atoms with Gasteiger partial charge in [0.25, 0.3) is 0 Å². The second-order valence-corrected chi connectivity index (χ2v) is 4.81. The molecule has 0 aromatic carbocycles. The summed E-state index contributed by atoms with van der Waals surface area (Å²) in [6, 6.07) is 0.232. The Morgan fingerprint density at radius 1 is 1.00 bits per heavy atom. The van der Waals surface area contributed by atoms with Gasteiger partial charge in [0.2, 0.25) is 11.8 Å². The Balaban J connectivity index is 3.43. The van der Waals surface area contributed by atoms with Crippen LogP contribution in [-0.2, 0) is 9.59 Å². The van der Waals surface area contributed by atoms with Gasteiger partial charge in [0, 0.05) is 25.4 Å². The molecule has 0 aliphatic carbocycles. The average molecular weight is 256 g/mol. The van der Waals surface area contributed by atoms with Gasteiger partial charge >= 0.3 is 0 Å². The van der Waals surface area contributed by atoms with Crippen LogP contribution < -0.4 is 10.6 Å². The van der Waals surface area contributed by atoms with Gasteiger partial charge in [-0.25, -0.2) is 0 Å². The summed E-state index contributed by atoms with van der Waals surface area (Å²) in [7, 11) is 0. The van der Waals surface area contributed by atoms with Crippen molar-refractivity contribution in [2.45, 2.75) is 71.8 Å². The summed E-state index contributed by atoms with van der Waals surface area (Å²) in [5.41, 5.74) is 0. The van der Waals surface area contributed by atoms with Crippen molar-refractivity contribution >= 4 is 11.8 Å². The maximum atomic E-state index is 11.3. The maximum Gasteiger partial charge on any atom is 0.220 e. The third kappa shape index (κ3) is 10.1. The maximum absolute atomic E-state index is 11.3. The minimum Gasteiger partial charge on any atom is -0.356 e. The van der Waals surface area contributed by atoms with Crippen LogP contribution in [0.1, 0.15) is 65.7 Å². The van der Waals surface area contributed by atoms with Gasteiger partial charge in [-0.15, -0.1) is 0 Å². The number of hydrogen-bond acceptors (Lipinski definition) is 2. The summed E-state index contributed by atoms with van der Waals surface area (Å²) in [5, 5.41) is 5.87. The number of nitrogens with one attached hydrogen (secondary N) is 2. The molecule has 0 aliphatic rings. The van der Waals surface area contributed by atoms with Crippen molar-refractivity contribution in [3.8, 4) is 0 Å². The van der Waals surface area contributed by atoms with E-state index >= 15 is 0 Å². The first-order chi connectivity index (χ1) is 8.60. The molecule has 2 amide bonds. The van der Waals surface area contributed by atoms with Gasteiger partial charge in [0.1, 0.15) is 0 Å². The van der Waals surface area contributed by atoms with Crippen LogP contribution in [0.3, 0.4) is 0 Å².